The summed E-state index contributed by atoms with van der Waals surface area (Å²) in [6.45, 7) is 4.48. The van der Waals surface area contributed by atoms with Crippen molar-refractivity contribution in [1.29, 1.82) is 0 Å². The van der Waals surface area contributed by atoms with Crippen molar-refractivity contribution in [3.63, 3.8) is 0 Å². The standard InChI is InChI=1S/C24H26N6O.HI/c1-2-25-24(27-17-23-29-28-22-10-6-7-15-30(22)23)26-16-19-11-13-21(14-12-19)31-18-20-8-4-3-5-9-20;/h3-15H,2,16-18H2,1H3,(H2,25,26,27);1H. The zero-order chi connectivity index (χ0) is 21.3. The lowest BCUT2D eigenvalue weighted by Gasteiger charge is -2.11. The normalized spacial score (nSPS) is 11.1. The summed E-state index contributed by atoms with van der Waals surface area (Å²) in [5, 5.41) is 15.0. The van der Waals surface area contributed by atoms with Crippen LogP contribution in [0, 0.1) is 0 Å². The van der Waals surface area contributed by atoms with E-state index >= 15 is 0 Å². The Hall–Kier alpha value is -3.14. The Morgan fingerprint density at radius 1 is 0.906 bits per heavy atom. The number of aromatic nitrogens is 3. The smallest absolute Gasteiger partial charge is 0.191 e. The average Bonchev–Trinajstić information content (AvgIpc) is 3.24. The van der Waals surface area contributed by atoms with Gasteiger partial charge in [0.15, 0.2) is 17.4 Å². The molecule has 0 aliphatic heterocycles. The van der Waals surface area contributed by atoms with Gasteiger partial charge in [0, 0.05) is 12.7 Å². The van der Waals surface area contributed by atoms with Crippen molar-refractivity contribution in [2.24, 2.45) is 4.99 Å². The summed E-state index contributed by atoms with van der Waals surface area (Å²) in [7, 11) is 0. The molecule has 2 aromatic heterocycles. The highest BCUT2D eigenvalue weighted by Crippen LogP contribution is 2.15. The molecule has 0 aliphatic carbocycles. The molecule has 0 amide bonds. The third kappa shape index (κ3) is 6.43. The minimum Gasteiger partial charge on any atom is -0.489 e. The van der Waals surface area contributed by atoms with Crippen molar-refractivity contribution >= 4 is 35.6 Å². The Morgan fingerprint density at radius 2 is 1.69 bits per heavy atom. The number of hydrogen-bond donors (Lipinski definition) is 2. The molecule has 166 valence electrons. The molecule has 0 spiro atoms. The number of fused-ring (bicyclic) bond motifs is 1. The van der Waals surface area contributed by atoms with Gasteiger partial charge in [-0.25, -0.2) is 4.99 Å². The summed E-state index contributed by atoms with van der Waals surface area (Å²) in [4.78, 5) is 4.68. The molecular formula is C24H27IN6O. The maximum absolute atomic E-state index is 5.85. The van der Waals surface area contributed by atoms with Gasteiger partial charge in [-0.15, -0.1) is 34.2 Å². The number of nitrogens with zero attached hydrogens (tertiary/aromatic N) is 4. The largest absolute Gasteiger partial charge is 0.489 e. The highest BCUT2D eigenvalue weighted by atomic mass is 127. The summed E-state index contributed by atoms with van der Waals surface area (Å²) in [5.74, 6) is 2.42. The number of benzene rings is 2. The number of halogens is 1. The third-order valence-corrected chi connectivity index (χ3v) is 4.73. The van der Waals surface area contributed by atoms with Crippen LogP contribution < -0.4 is 15.4 Å². The average molecular weight is 542 g/mol. The first-order chi connectivity index (χ1) is 15.3. The minimum atomic E-state index is 0. The fraction of sp³-hybridized carbons (Fsp3) is 0.208. The van der Waals surface area contributed by atoms with Crippen molar-refractivity contribution in [3.05, 3.63) is 95.9 Å². The quantitative estimate of drug-likeness (QED) is 0.199. The van der Waals surface area contributed by atoms with E-state index in [-0.39, 0.29) is 24.0 Å². The van der Waals surface area contributed by atoms with E-state index in [2.05, 4.69) is 38.0 Å². The molecule has 4 aromatic rings. The molecule has 0 saturated carbocycles. The molecule has 0 unspecified atom stereocenters. The van der Waals surface area contributed by atoms with Gasteiger partial charge in [0.25, 0.3) is 0 Å². The van der Waals surface area contributed by atoms with Crippen LogP contribution in [0.15, 0.2) is 84.0 Å². The van der Waals surface area contributed by atoms with Gasteiger partial charge in [-0.1, -0.05) is 48.5 Å². The first-order valence-electron chi connectivity index (χ1n) is 10.4. The van der Waals surface area contributed by atoms with Crippen LogP contribution in [-0.2, 0) is 19.7 Å². The summed E-state index contributed by atoms with van der Waals surface area (Å²) < 4.78 is 7.81. The van der Waals surface area contributed by atoms with Crippen LogP contribution in [0.3, 0.4) is 0 Å². The minimum absolute atomic E-state index is 0. The predicted octanol–water partition coefficient (Wildman–Crippen LogP) is 4.18. The van der Waals surface area contributed by atoms with Gasteiger partial charge in [-0.3, -0.25) is 4.40 Å². The molecule has 0 saturated heterocycles. The second-order valence-corrected chi connectivity index (χ2v) is 7.01. The number of rotatable bonds is 8. The molecule has 2 N–H and O–H groups in total. The van der Waals surface area contributed by atoms with Crippen molar-refractivity contribution in [3.8, 4) is 5.75 Å². The number of nitrogens with one attached hydrogen (secondary N) is 2. The molecule has 0 atom stereocenters. The Balaban J connectivity index is 0.00000289. The van der Waals surface area contributed by atoms with Crippen LogP contribution in [0.4, 0.5) is 0 Å². The molecule has 0 radical (unpaired) electrons. The van der Waals surface area contributed by atoms with Gasteiger partial charge in [0.1, 0.15) is 12.4 Å². The summed E-state index contributed by atoms with van der Waals surface area (Å²) in [5.41, 5.74) is 3.09. The Morgan fingerprint density at radius 3 is 2.47 bits per heavy atom. The summed E-state index contributed by atoms with van der Waals surface area (Å²) in [6.07, 6.45) is 1.96. The molecule has 32 heavy (non-hydrogen) atoms. The van der Waals surface area contributed by atoms with Gasteiger partial charge in [-0.05, 0) is 42.3 Å². The van der Waals surface area contributed by atoms with E-state index in [1.165, 1.54) is 0 Å². The number of aliphatic imine (C=N–C) groups is 1. The molecule has 0 aliphatic rings. The van der Waals surface area contributed by atoms with Gasteiger partial charge < -0.3 is 15.4 Å². The zero-order valence-electron chi connectivity index (χ0n) is 17.9. The zero-order valence-corrected chi connectivity index (χ0v) is 20.3. The van der Waals surface area contributed by atoms with Crippen LogP contribution in [0.2, 0.25) is 0 Å². The number of guanidine groups is 1. The molecule has 0 fully saturated rings. The fourth-order valence-corrected chi connectivity index (χ4v) is 3.12. The molecule has 7 nitrogen and oxygen atoms in total. The lowest BCUT2D eigenvalue weighted by Crippen LogP contribution is -2.37. The molecule has 0 bridgehead atoms. The van der Waals surface area contributed by atoms with Crippen molar-refractivity contribution in [2.75, 3.05) is 6.54 Å². The Kier molecular flexibility index (Phi) is 8.85. The number of ether oxygens (including phenoxy) is 1. The maximum Gasteiger partial charge on any atom is 0.191 e. The highest BCUT2D eigenvalue weighted by molar-refractivity contribution is 14.0. The number of hydrogen-bond acceptors (Lipinski definition) is 4. The van der Waals surface area contributed by atoms with Gasteiger partial charge in [-0.2, -0.15) is 0 Å². The van der Waals surface area contributed by atoms with E-state index in [1.54, 1.807) is 0 Å². The topological polar surface area (TPSA) is 75.8 Å². The van der Waals surface area contributed by atoms with E-state index in [1.807, 2.05) is 78.2 Å². The number of pyridine rings is 1. The van der Waals surface area contributed by atoms with Gasteiger partial charge in [0.05, 0.1) is 13.1 Å². The highest BCUT2D eigenvalue weighted by Gasteiger charge is 2.06. The van der Waals surface area contributed by atoms with E-state index in [4.69, 9.17) is 4.74 Å². The van der Waals surface area contributed by atoms with Gasteiger partial charge >= 0.3 is 0 Å². The lowest BCUT2D eigenvalue weighted by molar-refractivity contribution is 0.306. The SMILES string of the molecule is CCNC(=NCc1ccc(OCc2ccccc2)cc1)NCc1nnc2ccccn12.I. The van der Waals surface area contributed by atoms with Crippen LogP contribution >= 0.6 is 24.0 Å². The van der Waals surface area contributed by atoms with Gasteiger partial charge in [0.2, 0.25) is 0 Å². The van der Waals surface area contributed by atoms with Crippen molar-refractivity contribution in [1.82, 2.24) is 25.2 Å². The molecule has 8 heteroatoms. The van der Waals surface area contributed by atoms with E-state index in [0.29, 0.717) is 19.7 Å². The van der Waals surface area contributed by atoms with Crippen LogP contribution in [-0.4, -0.2) is 27.1 Å². The van der Waals surface area contributed by atoms with Crippen molar-refractivity contribution in [2.45, 2.75) is 26.6 Å². The van der Waals surface area contributed by atoms with Crippen molar-refractivity contribution < 1.29 is 4.74 Å². The van der Waals surface area contributed by atoms with E-state index in [9.17, 15) is 0 Å². The van der Waals surface area contributed by atoms with E-state index < -0.39 is 0 Å². The predicted molar refractivity (Wildman–Crippen MR) is 137 cm³/mol. The maximum atomic E-state index is 5.85. The first-order valence-corrected chi connectivity index (χ1v) is 10.4. The summed E-state index contributed by atoms with van der Waals surface area (Å²) >= 11 is 0. The fourth-order valence-electron chi connectivity index (χ4n) is 3.12. The summed E-state index contributed by atoms with van der Waals surface area (Å²) in [6, 6.07) is 24.0. The monoisotopic (exact) mass is 542 g/mol. The van der Waals surface area contributed by atoms with Crippen LogP contribution in [0.5, 0.6) is 5.75 Å². The molecule has 2 aromatic carbocycles. The molecule has 2 heterocycles. The van der Waals surface area contributed by atoms with Crippen LogP contribution in [0.1, 0.15) is 23.9 Å². The first kappa shape index (κ1) is 23.5. The Labute approximate surface area is 205 Å². The Bertz CT molecular complexity index is 1130. The lowest BCUT2D eigenvalue weighted by atomic mass is 10.2. The molecule has 4 rings (SSSR count). The van der Waals surface area contributed by atoms with Crippen LogP contribution in [0.25, 0.3) is 5.65 Å². The third-order valence-electron chi connectivity index (χ3n) is 4.73. The molecular weight excluding hydrogens is 515 g/mol. The second kappa shape index (κ2) is 12.0. The second-order valence-electron chi connectivity index (χ2n) is 7.01. The van der Waals surface area contributed by atoms with E-state index in [0.717, 1.165) is 40.9 Å².